The molecule has 4 aromatic rings. The van der Waals surface area contributed by atoms with Crippen molar-refractivity contribution in [1.82, 2.24) is 9.97 Å². The number of carbonyl (C=O) groups is 1. The maximum Gasteiger partial charge on any atom is 0.199 e. The summed E-state index contributed by atoms with van der Waals surface area (Å²) in [7, 11) is 1.55. The number of nitrogens with zero attached hydrogens (tertiary/aromatic N) is 1. The van der Waals surface area contributed by atoms with E-state index in [4.69, 9.17) is 9.47 Å². The summed E-state index contributed by atoms with van der Waals surface area (Å²) in [5.41, 5.74) is 4.01. The van der Waals surface area contributed by atoms with Gasteiger partial charge >= 0.3 is 0 Å². The van der Waals surface area contributed by atoms with Gasteiger partial charge in [-0.25, -0.2) is 4.98 Å². The van der Waals surface area contributed by atoms with Crippen molar-refractivity contribution in [3.63, 3.8) is 0 Å². The SMILES string of the molecule is COc1c(OCc2ccc(CI)cc2)cccc1C(=O)c1c[nH]c2ncccc12. The molecule has 0 atom stereocenters. The number of H-pyrrole nitrogens is 1. The van der Waals surface area contributed by atoms with E-state index in [0.29, 0.717) is 34.9 Å². The molecule has 0 radical (unpaired) electrons. The lowest BCUT2D eigenvalue weighted by Gasteiger charge is -2.14. The van der Waals surface area contributed by atoms with E-state index in [0.717, 1.165) is 15.4 Å². The number of carbonyl (C=O) groups excluding carboxylic acids is 1. The summed E-state index contributed by atoms with van der Waals surface area (Å²) in [6, 6.07) is 17.3. The quantitative estimate of drug-likeness (QED) is 0.213. The molecule has 0 spiro atoms. The van der Waals surface area contributed by atoms with Crippen molar-refractivity contribution in [2.45, 2.75) is 11.0 Å². The highest BCUT2D eigenvalue weighted by atomic mass is 127. The third kappa shape index (κ3) is 3.98. The number of fused-ring (bicyclic) bond motifs is 1. The Kier molecular flexibility index (Phi) is 5.80. The Morgan fingerprint density at radius 3 is 2.59 bits per heavy atom. The summed E-state index contributed by atoms with van der Waals surface area (Å²) in [6.07, 6.45) is 3.37. The van der Waals surface area contributed by atoms with Gasteiger partial charge in [-0.05, 0) is 35.4 Å². The fourth-order valence-corrected chi connectivity index (χ4v) is 3.70. The van der Waals surface area contributed by atoms with E-state index in [-0.39, 0.29) is 5.78 Å². The minimum Gasteiger partial charge on any atom is -0.492 e. The van der Waals surface area contributed by atoms with Gasteiger partial charge in [-0.3, -0.25) is 4.79 Å². The first-order valence-corrected chi connectivity index (χ1v) is 10.6. The number of ether oxygens (including phenoxy) is 2. The van der Waals surface area contributed by atoms with Crippen LogP contribution in [0.25, 0.3) is 11.0 Å². The molecular formula is C23H19IN2O3. The van der Waals surface area contributed by atoms with Crippen LogP contribution in [-0.2, 0) is 11.0 Å². The van der Waals surface area contributed by atoms with E-state index in [9.17, 15) is 4.79 Å². The number of para-hydroxylation sites is 1. The molecule has 0 saturated carbocycles. The van der Waals surface area contributed by atoms with E-state index in [1.807, 2.05) is 18.2 Å². The highest BCUT2D eigenvalue weighted by Crippen LogP contribution is 2.34. The minimum atomic E-state index is -0.141. The molecule has 6 heteroatoms. The van der Waals surface area contributed by atoms with Gasteiger partial charge < -0.3 is 14.5 Å². The predicted octanol–water partition coefficient (Wildman–Crippen LogP) is 5.32. The predicted molar refractivity (Wildman–Crippen MR) is 121 cm³/mol. The van der Waals surface area contributed by atoms with E-state index in [1.54, 1.807) is 31.6 Å². The second-order valence-corrected chi connectivity index (χ2v) is 7.27. The number of pyridine rings is 1. The molecule has 0 aliphatic rings. The van der Waals surface area contributed by atoms with Gasteiger partial charge in [0.25, 0.3) is 0 Å². The number of methoxy groups -OCH3 is 1. The van der Waals surface area contributed by atoms with Crippen LogP contribution < -0.4 is 9.47 Å². The first kappa shape index (κ1) is 19.4. The normalized spacial score (nSPS) is 10.8. The van der Waals surface area contributed by atoms with Crippen LogP contribution in [0, 0.1) is 0 Å². The zero-order valence-electron chi connectivity index (χ0n) is 15.8. The molecule has 0 aliphatic heterocycles. The zero-order chi connectivity index (χ0) is 20.2. The standard InChI is InChI=1S/C23H19IN2O3/c1-28-22-18(21(27)19-13-26-23-17(19)5-3-11-25-23)4-2-6-20(22)29-14-16-9-7-15(12-24)8-10-16/h2-11,13H,12,14H2,1H3,(H,25,26). The summed E-state index contributed by atoms with van der Waals surface area (Å²) in [5, 5.41) is 0.779. The zero-order valence-corrected chi connectivity index (χ0v) is 18.0. The Hall–Kier alpha value is -2.87. The molecule has 146 valence electrons. The van der Waals surface area contributed by atoms with Crippen LogP contribution in [0.5, 0.6) is 11.5 Å². The topological polar surface area (TPSA) is 64.2 Å². The molecule has 0 aliphatic carbocycles. The first-order chi connectivity index (χ1) is 14.2. The van der Waals surface area contributed by atoms with Crippen molar-refractivity contribution >= 4 is 39.4 Å². The van der Waals surface area contributed by atoms with Gasteiger partial charge in [0.2, 0.25) is 0 Å². The number of hydrogen-bond donors (Lipinski definition) is 1. The van der Waals surface area contributed by atoms with Crippen LogP contribution in [0.3, 0.4) is 0 Å². The number of hydrogen-bond acceptors (Lipinski definition) is 4. The molecular weight excluding hydrogens is 479 g/mol. The van der Waals surface area contributed by atoms with Crippen LogP contribution in [0.4, 0.5) is 0 Å². The highest BCUT2D eigenvalue weighted by Gasteiger charge is 2.21. The molecule has 2 aromatic carbocycles. The highest BCUT2D eigenvalue weighted by molar-refractivity contribution is 14.1. The van der Waals surface area contributed by atoms with Crippen LogP contribution in [0.15, 0.2) is 67.0 Å². The molecule has 0 bridgehead atoms. The third-order valence-electron chi connectivity index (χ3n) is 4.70. The van der Waals surface area contributed by atoms with Crippen molar-refractivity contribution in [2.75, 3.05) is 7.11 Å². The second-order valence-electron chi connectivity index (χ2n) is 6.51. The van der Waals surface area contributed by atoms with Crippen molar-refractivity contribution in [3.05, 3.63) is 89.2 Å². The summed E-state index contributed by atoms with van der Waals surface area (Å²) in [5.74, 6) is 0.826. The van der Waals surface area contributed by atoms with Crippen LogP contribution >= 0.6 is 22.6 Å². The molecule has 5 nitrogen and oxygen atoms in total. The Balaban J connectivity index is 1.62. The Labute approximate surface area is 182 Å². The third-order valence-corrected chi connectivity index (χ3v) is 5.58. The van der Waals surface area contributed by atoms with E-state index in [1.165, 1.54) is 5.56 Å². The summed E-state index contributed by atoms with van der Waals surface area (Å²) >= 11 is 2.34. The lowest BCUT2D eigenvalue weighted by atomic mass is 10.0. The largest absolute Gasteiger partial charge is 0.492 e. The number of nitrogens with one attached hydrogen (secondary N) is 1. The molecule has 29 heavy (non-hydrogen) atoms. The van der Waals surface area contributed by atoms with Gasteiger partial charge in [-0.1, -0.05) is 52.9 Å². The molecule has 1 N–H and O–H groups in total. The van der Waals surface area contributed by atoms with Crippen LogP contribution in [0.2, 0.25) is 0 Å². The molecule has 0 amide bonds. The Morgan fingerprint density at radius 1 is 1.03 bits per heavy atom. The van der Waals surface area contributed by atoms with Crippen molar-refractivity contribution in [3.8, 4) is 11.5 Å². The summed E-state index contributed by atoms with van der Waals surface area (Å²) in [6.45, 7) is 0.395. The van der Waals surface area contributed by atoms with Crippen LogP contribution in [0.1, 0.15) is 27.0 Å². The number of aromatic nitrogens is 2. The monoisotopic (exact) mass is 498 g/mol. The van der Waals surface area contributed by atoms with E-state index in [2.05, 4.69) is 56.8 Å². The fourth-order valence-electron chi connectivity index (χ4n) is 3.19. The molecule has 4 rings (SSSR count). The molecule has 0 saturated heterocycles. The number of benzene rings is 2. The van der Waals surface area contributed by atoms with Crippen molar-refractivity contribution in [2.24, 2.45) is 0 Å². The van der Waals surface area contributed by atoms with Crippen LogP contribution in [-0.4, -0.2) is 22.9 Å². The lowest BCUT2D eigenvalue weighted by molar-refractivity contribution is 0.103. The first-order valence-electron chi connectivity index (χ1n) is 9.11. The maximum atomic E-state index is 13.2. The Bertz CT molecular complexity index is 1150. The molecule has 0 fully saturated rings. The maximum absolute atomic E-state index is 13.2. The van der Waals surface area contributed by atoms with Gasteiger partial charge in [0, 0.05) is 27.8 Å². The lowest BCUT2D eigenvalue weighted by Crippen LogP contribution is -2.06. The number of alkyl halides is 1. The fraction of sp³-hybridized carbons (Fsp3) is 0.130. The van der Waals surface area contributed by atoms with Gasteiger partial charge in [-0.2, -0.15) is 0 Å². The number of halogens is 1. The van der Waals surface area contributed by atoms with E-state index < -0.39 is 0 Å². The number of ketones is 1. The minimum absolute atomic E-state index is 0.141. The van der Waals surface area contributed by atoms with Gasteiger partial charge in [-0.15, -0.1) is 0 Å². The van der Waals surface area contributed by atoms with Crippen molar-refractivity contribution < 1.29 is 14.3 Å². The molecule has 0 unspecified atom stereocenters. The average molecular weight is 498 g/mol. The average Bonchev–Trinajstić information content (AvgIpc) is 3.21. The summed E-state index contributed by atoms with van der Waals surface area (Å²) in [4.78, 5) is 20.5. The van der Waals surface area contributed by atoms with Gasteiger partial charge in [0.1, 0.15) is 12.3 Å². The number of rotatable bonds is 7. The molecule has 2 heterocycles. The smallest absolute Gasteiger partial charge is 0.199 e. The van der Waals surface area contributed by atoms with E-state index >= 15 is 0 Å². The van der Waals surface area contributed by atoms with Gasteiger partial charge in [0.15, 0.2) is 17.3 Å². The van der Waals surface area contributed by atoms with Crippen molar-refractivity contribution in [1.29, 1.82) is 0 Å². The molecule has 2 aromatic heterocycles. The number of aromatic amines is 1. The second kappa shape index (κ2) is 8.65. The van der Waals surface area contributed by atoms with Gasteiger partial charge in [0.05, 0.1) is 12.7 Å². The Morgan fingerprint density at radius 2 is 1.83 bits per heavy atom. The summed E-state index contributed by atoms with van der Waals surface area (Å²) < 4.78 is 12.5.